The molecule has 0 aliphatic carbocycles. The van der Waals surface area contributed by atoms with E-state index in [1.165, 1.54) is 128 Å². The van der Waals surface area contributed by atoms with Crippen LogP contribution in [-0.2, 0) is 37.4 Å². The van der Waals surface area contributed by atoms with E-state index in [1.54, 1.807) is 13.8 Å². The molecule has 0 fully saturated rings. The van der Waals surface area contributed by atoms with Gasteiger partial charge in [0.1, 0.15) is 6.61 Å². The number of esters is 2. The number of carbonyl (C=O) groups is 3. The van der Waals surface area contributed by atoms with E-state index in [9.17, 15) is 23.8 Å². The van der Waals surface area contributed by atoms with Crippen LogP contribution in [-0.4, -0.2) is 57.1 Å². The molecule has 0 aromatic rings. The van der Waals surface area contributed by atoms with E-state index in [0.717, 1.165) is 38.5 Å². The summed E-state index contributed by atoms with van der Waals surface area (Å²) in [6.45, 7) is 8.56. The second kappa shape index (κ2) is 38.8. The Morgan fingerprint density at radius 2 is 0.929 bits per heavy atom. The van der Waals surface area contributed by atoms with Crippen LogP contribution in [0.15, 0.2) is 0 Å². The number of phosphoric ester groups is 1. The zero-order valence-electron chi connectivity index (χ0n) is 36.6. The highest BCUT2D eigenvalue weighted by molar-refractivity contribution is 7.45. The Kier molecular flexibility index (Phi) is 37.7. The molecule has 0 aromatic heterocycles. The Hall–Kier alpha value is -1.68. The molecule has 0 aliphatic rings. The molecule has 0 spiro atoms. The number of carbonyl (C=O) groups excluding carboxylic acids is 3. The molecular weight excluding hydrogens is 733 g/mol. The molecule has 1 amide bonds. The second-order valence-electron chi connectivity index (χ2n) is 15.8. The van der Waals surface area contributed by atoms with Gasteiger partial charge in [0.15, 0.2) is 6.10 Å². The minimum atomic E-state index is -4.81. The summed E-state index contributed by atoms with van der Waals surface area (Å²) in [5.74, 6) is -1.65. The van der Waals surface area contributed by atoms with Crippen LogP contribution in [0.2, 0.25) is 0 Å². The van der Waals surface area contributed by atoms with Crippen LogP contribution >= 0.6 is 7.82 Å². The van der Waals surface area contributed by atoms with Crippen molar-refractivity contribution in [2.75, 3.05) is 33.0 Å². The minimum absolute atomic E-state index is 0.113. The molecule has 4 atom stereocenters. The van der Waals surface area contributed by atoms with Crippen molar-refractivity contribution in [1.29, 1.82) is 0 Å². The van der Waals surface area contributed by atoms with Crippen LogP contribution in [0.5, 0.6) is 0 Å². The Morgan fingerprint density at radius 3 is 1.34 bits per heavy atom. The molecule has 0 aliphatic heterocycles. The fourth-order valence-corrected chi connectivity index (χ4v) is 7.33. The zero-order valence-corrected chi connectivity index (χ0v) is 37.5. The van der Waals surface area contributed by atoms with Crippen molar-refractivity contribution >= 4 is 25.9 Å². The topological polar surface area (TPSA) is 150 Å². The minimum Gasteiger partial charge on any atom is -0.756 e. The third-order valence-electron chi connectivity index (χ3n) is 10.3. The highest BCUT2D eigenvalue weighted by atomic mass is 31.2. The SMILES string of the molecule is CCCCCCCCCCCCCCCC(C)C(=O)OCC(COP(=O)([O-])OCCNC(=O)OCC)OC(=O)C(C)CCCCCCCCCCCCCCC. The van der Waals surface area contributed by atoms with Gasteiger partial charge in [-0.1, -0.05) is 195 Å². The molecule has 332 valence electrons. The van der Waals surface area contributed by atoms with Gasteiger partial charge in [0.05, 0.1) is 31.7 Å². The van der Waals surface area contributed by atoms with Crippen LogP contribution in [0.25, 0.3) is 0 Å². The molecule has 4 unspecified atom stereocenters. The van der Waals surface area contributed by atoms with Gasteiger partial charge >= 0.3 is 18.0 Å². The maximum atomic E-state index is 13.0. The second-order valence-corrected chi connectivity index (χ2v) is 17.2. The van der Waals surface area contributed by atoms with E-state index in [-0.39, 0.29) is 32.3 Å². The standard InChI is InChI=1S/C44H86NO10P/c1-6-9-11-13-15-17-19-21-23-25-27-29-31-33-39(4)42(46)52-37-41(38-54-56(49,50)53-36-35-45-44(48)51-8-3)55-43(47)40(5)34-32-30-28-26-24-22-20-18-16-14-12-10-7-2/h39-41H,6-38H2,1-5H3,(H,45,48)(H,49,50)/p-1. The van der Waals surface area contributed by atoms with Crippen LogP contribution in [0, 0.1) is 11.8 Å². The number of hydrogen-bond donors (Lipinski definition) is 1. The van der Waals surface area contributed by atoms with Crippen molar-refractivity contribution in [2.45, 2.75) is 221 Å². The normalized spacial score (nSPS) is 14.1. The molecular formula is C44H85NO10P-. The van der Waals surface area contributed by atoms with Crippen LogP contribution in [0.3, 0.4) is 0 Å². The highest BCUT2D eigenvalue weighted by Gasteiger charge is 2.25. The smallest absolute Gasteiger partial charge is 0.407 e. The van der Waals surface area contributed by atoms with Gasteiger partial charge in [-0.3, -0.25) is 14.2 Å². The van der Waals surface area contributed by atoms with E-state index in [0.29, 0.717) is 12.8 Å². The van der Waals surface area contributed by atoms with E-state index in [2.05, 4.69) is 19.2 Å². The molecule has 56 heavy (non-hydrogen) atoms. The van der Waals surface area contributed by atoms with E-state index in [4.69, 9.17) is 23.3 Å². The molecule has 12 heteroatoms. The first-order valence-electron chi connectivity index (χ1n) is 22.9. The van der Waals surface area contributed by atoms with E-state index < -0.39 is 44.5 Å². The average molecular weight is 819 g/mol. The van der Waals surface area contributed by atoms with Crippen molar-refractivity contribution in [3.05, 3.63) is 0 Å². The molecule has 1 N–H and O–H groups in total. The molecule has 0 rings (SSSR count). The summed E-state index contributed by atoms with van der Waals surface area (Å²) in [5.41, 5.74) is 0. The Bertz CT molecular complexity index is 983. The molecule has 11 nitrogen and oxygen atoms in total. The van der Waals surface area contributed by atoms with Gasteiger partial charge in [0.2, 0.25) is 0 Å². The lowest BCUT2D eigenvalue weighted by molar-refractivity contribution is -0.228. The number of amides is 1. The van der Waals surface area contributed by atoms with Gasteiger partial charge < -0.3 is 33.5 Å². The van der Waals surface area contributed by atoms with Gasteiger partial charge in [-0.2, -0.15) is 0 Å². The molecule has 0 radical (unpaired) electrons. The lowest BCUT2D eigenvalue weighted by atomic mass is 10.0. The first-order valence-corrected chi connectivity index (χ1v) is 24.4. The molecule has 0 bridgehead atoms. The highest BCUT2D eigenvalue weighted by Crippen LogP contribution is 2.38. The first-order chi connectivity index (χ1) is 27.1. The molecule has 0 saturated carbocycles. The Balaban J connectivity index is 4.64. The number of alkyl carbamates (subject to hydrolysis) is 1. The van der Waals surface area contributed by atoms with Gasteiger partial charge in [-0.25, -0.2) is 4.79 Å². The zero-order chi connectivity index (χ0) is 41.5. The predicted molar refractivity (Wildman–Crippen MR) is 224 cm³/mol. The van der Waals surface area contributed by atoms with Gasteiger partial charge in [0, 0.05) is 6.54 Å². The molecule has 0 saturated heterocycles. The number of unbranched alkanes of at least 4 members (excludes halogenated alkanes) is 24. The van der Waals surface area contributed by atoms with E-state index in [1.807, 2.05) is 6.92 Å². The summed E-state index contributed by atoms with van der Waals surface area (Å²) >= 11 is 0. The van der Waals surface area contributed by atoms with Gasteiger partial charge in [0.25, 0.3) is 7.82 Å². The number of nitrogens with one attached hydrogen (secondary N) is 1. The number of rotatable bonds is 41. The monoisotopic (exact) mass is 819 g/mol. The van der Waals surface area contributed by atoms with Crippen molar-refractivity contribution < 1.29 is 47.1 Å². The first kappa shape index (κ1) is 54.3. The molecule has 0 heterocycles. The Labute approximate surface area is 342 Å². The lowest BCUT2D eigenvalue weighted by Gasteiger charge is -2.26. The largest absolute Gasteiger partial charge is 0.756 e. The number of ether oxygens (including phenoxy) is 3. The predicted octanol–water partition coefficient (Wildman–Crippen LogP) is 11.9. The van der Waals surface area contributed by atoms with Crippen LogP contribution < -0.4 is 10.2 Å². The third-order valence-corrected chi connectivity index (χ3v) is 11.3. The van der Waals surface area contributed by atoms with Crippen molar-refractivity contribution in [2.24, 2.45) is 11.8 Å². The maximum absolute atomic E-state index is 13.0. The fraction of sp³-hybridized carbons (Fsp3) is 0.932. The molecule has 0 aromatic carbocycles. The summed E-state index contributed by atoms with van der Waals surface area (Å²) in [4.78, 5) is 49.7. The summed E-state index contributed by atoms with van der Waals surface area (Å²) in [5, 5.41) is 2.36. The van der Waals surface area contributed by atoms with E-state index >= 15 is 0 Å². The van der Waals surface area contributed by atoms with Gasteiger partial charge in [-0.05, 0) is 19.8 Å². The lowest BCUT2D eigenvalue weighted by Crippen LogP contribution is -2.33. The summed E-state index contributed by atoms with van der Waals surface area (Å²) in [6, 6.07) is 0. The summed E-state index contributed by atoms with van der Waals surface area (Å²) in [7, 11) is -4.81. The number of hydrogen-bond acceptors (Lipinski definition) is 10. The van der Waals surface area contributed by atoms with Crippen LogP contribution in [0.1, 0.15) is 214 Å². The third kappa shape index (κ3) is 35.5. The number of phosphoric acid groups is 1. The Morgan fingerprint density at radius 1 is 0.536 bits per heavy atom. The van der Waals surface area contributed by atoms with Gasteiger partial charge in [-0.15, -0.1) is 0 Å². The van der Waals surface area contributed by atoms with Crippen molar-refractivity contribution in [3.8, 4) is 0 Å². The quantitative estimate of drug-likeness (QED) is 0.0273. The van der Waals surface area contributed by atoms with Crippen molar-refractivity contribution in [3.63, 3.8) is 0 Å². The van der Waals surface area contributed by atoms with Crippen molar-refractivity contribution in [1.82, 2.24) is 5.32 Å². The summed E-state index contributed by atoms with van der Waals surface area (Å²) in [6.07, 6.45) is 32.0. The van der Waals surface area contributed by atoms with Crippen LogP contribution in [0.4, 0.5) is 4.79 Å². The fourth-order valence-electron chi connectivity index (χ4n) is 6.59. The maximum Gasteiger partial charge on any atom is 0.407 e. The average Bonchev–Trinajstić information content (AvgIpc) is 3.17. The summed E-state index contributed by atoms with van der Waals surface area (Å²) < 4.78 is 38.1.